The number of aliphatic hydroxyl groups excluding tert-OH is 1. The van der Waals surface area contributed by atoms with Crippen molar-refractivity contribution in [2.24, 2.45) is 29.2 Å². The molecule has 0 saturated carbocycles. The molecular formula is C24H48N6O10P+. The minimum atomic E-state index is -4.89. The first-order chi connectivity index (χ1) is 18.7. The Balaban J connectivity index is 5.92. The Hall–Kier alpha value is -2.46. The lowest BCUT2D eigenvalue weighted by molar-refractivity contribution is -0.136. The van der Waals surface area contributed by atoms with Crippen molar-refractivity contribution in [1.82, 2.24) is 21.3 Å². The molecule has 0 bridgehead atoms. The molecular weight excluding hydrogens is 563 g/mol. The van der Waals surface area contributed by atoms with E-state index in [-0.39, 0.29) is 30.6 Å². The van der Waals surface area contributed by atoms with E-state index in [4.69, 9.17) is 11.5 Å². The van der Waals surface area contributed by atoms with E-state index in [0.717, 1.165) is 6.92 Å². The van der Waals surface area contributed by atoms with E-state index in [2.05, 4.69) is 25.8 Å². The van der Waals surface area contributed by atoms with Crippen molar-refractivity contribution in [2.45, 2.75) is 97.6 Å². The number of carbonyl (C=O) groups is 5. The number of rotatable bonds is 18. The van der Waals surface area contributed by atoms with Gasteiger partial charge in [-0.25, -0.2) is 0 Å². The van der Waals surface area contributed by atoms with Crippen molar-refractivity contribution < 1.29 is 48.3 Å². The Morgan fingerprint density at radius 1 is 0.707 bits per heavy atom. The molecule has 0 aromatic carbocycles. The Morgan fingerprint density at radius 2 is 1.15 bits per heavy atom. The average molecular weight is 612 g/mol. The quantitative estimate of drug-likeness (QED) is 0.0726. The highest BCUT2D eigenvalue weighted by Gasteiger charge is 2.43. The third-order valence-corrected chi connectivity index (χ3v) is 6.52. The molecule has 41 heavy (non-hydrogen) atoms. The second-order valence-electron chi connectivity index (χ2n) is 11.1. The van der Waals surface area contributed by atoms with E-state index in [1.54, 1.807) is 41.5 Å². The fourth-order valence-corrected chi connectivity index (χ4v) is 4.22. The van der Waals surface area contributed by atoms with Gasteiger partial charge in [0.15, 0.2) is 0 Å². The smallest absolute Gasteiger partial charge is 0.394 e. The zero-order valence-electron chi connectivity index (χ0n) is 24.7. The molecule has 0 unspecified atom stereocenters. The number of aliphatic hydroxyl groups is 1. The number of amides is 5. The van der Waals surface area contributed by atoms with Crippen LogP contribution in [-0.2, 0) is 28.5 Å². The SMILES string of the molecule is CC(C)C[C@H](NC(=O)[C@@H](NC(=O)[C@H](CO)NC(=O)[C@H](CC(C)C)NC(=O)[C@@H](N)C(C)C)[C@@H](C)O[P+](O)(O)O)C(N)=O. The minimum absolute atomic E-state index is 0.0584. The topological polar surface area (TPSA) is 276 Å². The summed E-state index contributed by atoms with van der Waals surface area (Å²) in [5.41, 5.74) is 11.2. The summed E-state index contributed by atoms with van der Waals surface area (Å²) in [5, 5.41) is 19.3. The molecule has 0 heterocycles. The molecule has 0 fully saturated rings. The van der Waals surface area contributed by atoms with E-state index < -0.39 is 80.6 Å². The van der Waals surface area contributed by atoms with E-state index >= 15 is 0 Å². The zero-order valence-corrected chi connectivity index (χ0v) is 25.6. The van der Waals surface area contributed by atoms with Gasteiger partial charge in [0.1, 0.15) is 30.3 Å². The summed E-state index contributed by atoms with van der Waals surface area (Å²) in [4.78, 5) is 91.5. The van der Waals surface area contributed by atoms with Crippen molar-refractivity contribution in [3.63, 3.8) is 0 Å². The maximum absolute atomic E-state index is 13.1. The van der Waals surface area contributed by atoms with Crippen molar-refractivity contribution in [2.75, 3.05) is 6.61 Å². The molecule has 17 heteroatoms. The van der Waals surface area contributed by atoms with Gasteiger partial charge in [-0.15, -0.1) is 4.52 Å². The van der Waals surface area contributed by atoms with Gasteiger partial charge < -0.3 is 37.8 Å². The Bertz CT molecular complexity index is 899. The van der Waals surface area contributed by atoms with Crippen molar-refractivity contribution in [1.29, 1.82) is 0 Å². The van der Waals surface area contributed by atoms with E-state index in [0.29, 0.717) is 0 Å². The Kier molecular flexibility index (Phi) is 16.4. The fourth-order valence-electron chi connectivity index (χ4n) is 3.65. The zero-order chi connectivity index (χ0) is 32.2. The first-order valence-electron chi connectivity index (χ1n) is 13.3. The fraction of sp³-hybridized carbons (Fsp3) is 0.792. The molecule has 0 saturated heterocycles. The van der Waals surface area contributed by atoms with Gasteiger partial charge in [-0.3, -0.25) is 24.0 Å². The molecule has 12 N–H and O–H groups in total. The largest absolute Gasteiger partial charge is 0.567 e. The third-order valence-electron chi connectivity index (χ3n) is 5.90. The summed E-state index contributed by atoms with van der Waals surface area (Å²) < 4.78 is 4.68. The maximum Gasteiger partial charge on any atom is 0.567 e. The summed E-state index contributed by atoms with van der Waals surface area (Å²) in [6.07, 6.45) is -1.25. The van der Waals surface area contributed by atoms with Crippen LogP contribution in [0, 0.1) is 17.8 Å². The molecule has 0 aliphatic heterocycles. The summed E-state index contributed by atoms with van der Waals surface area (Å²) in [7, 11) is -4.89. The number of hydrogen-bond acceptors (Lipinski definition) is 11. The summed E-state index contributed by atoms with van der Waals surface area (Å²) >= 11 is 0. The third kappa shape index (κ3) is 14.8. The summed E-state index contributed by atoms with van der Waals surface area (Å²) in [5.74, 6) is -4.71. The highest BCUT2D eigenvalue weighted by molar-refractivity contribution is 7.53. The highest BCUT2D eigenvalue weighted by Crippen LogP contribution is 2.47. The van der Waals surface area contributed by atoms with Crippen molar-refractivity contribution >= 4 is 37.7 Å². The molecule has 0 rings (SSSR count). The molecule has 0 spiro atoms. The van der Waals surface area contributed by atoms with Crippen molar-refractivity contribution in [3.05, 3.63) is 0 Å². The summed E-state index contributed by atoms with van der Waals surface area (Å²) in [6, 6.07) is -6.53. The minimum Gasteiger partial charge on any atom is -0.394 e. The number of nitrogens with two attached hydrogens (primary N) is 2. The molecule has 6 atom stereocenters. The van der Waals surface area contributed by atoms with Gasteiger partial charge in [0.05, 0.1) is 12.6 Å². The molecule has 0 aliphatic carbocycles. The van der Waals surface area contributed by atoms with Crippen LogP contribution in [0.3, 0.4) is 0 Å². The van der Waals surface area contributed by atoms with Gasteiger partial charge in [0.2, 0.25) is 29.5 Å². The number of carbonyl (C=O) groups excluding carboxylic acids is 5. The number of hydrogen-bond donors (Lipinski definition) is 10. The molecule has 16 nitrogen and oxygen atoms in total. The highest BCUT2D eigenvalue weighted by atomic mass is 31.2. The van der Waals surface area contributed by atoms with E-state index in [1.807, 2.05) is 0 Å². The molecule has 238 valence electrons. The first-order valence-corrected chi connectivity index (χ1v) is 14.9. The first kappa shape index (κ1) is 38.5. The monoisotopic (exact) mass is 611 g/mol. The van der Waals surface area contributed by atoms with Crippen molar-refractivity contribution in [3.8, 4) is 0 Å². The van der Waals surface area contributed by atoms with Crippen LogP contribution in [0.25, 0.3) is 0 Å². The van der Waals surface area contributed by atoms with Crippen LogP contribution in [0.4, 0.5) is 0 Å². The predicted molar refractivity (Wildman–Crippen MR) is 150 cm³/mol. The lowest BCUT2D eigenvalue weighted by Gasteiger charge is -2.28. The average Bonchev–Trinajstić information content (AvgIpc) is 2.81. The van der Waals surface area contributed by atoms with Crippen LogP contribution >= 0.6 is 8.17 Å². The normalized spacial score (nSPS) is 16.4. The maximum atomic E-state index is 13.1. The molecule has 0 aromatic rings. The van der Waals surface area contributed by atoms with Gasteiger partial charge >= 0.3 is 8.17 Å². The number of primary amides is 1. The molecule has 5 amide bonds. The van der Waals surface area contributed by atoms with Crippen LogP contribution in [0.15, 0.2) is 0 Å². The lowest BCUT2D eigenvalue weighted by Crippen LogP contribution is -2.62. The summed E-state index contributed by atoms with van der Waals surface area (Å²) in [6.45, 7) is 10.8. The van der Waals surface area contributed by atoms with Gasteiger partial charge in [0, 0.05) is 0 Å². The van der Waals surface area contributed by atoms with Gasteiger partial charge in [0.25, 0.3) is 0 Å². The van der Waals surface area contributed by atoms with Crippen LogP contribution in [0.2, 0.25) is 0 Å². The van der Waals surface area contributed by atoms with Crippen LogP contribution in [0.5, 0.6) is 0 Å². The Morgan fingerprint density at radius 3 is 1.56 bits per heavy atom. The van der Waals surface area contributed by atoms with Crippen LogP contribution in [0.1, 0.15) is 61.3 Å². The van der Waals surface area contributed by atoms with Crippen LogP contribution in [-0.4, -0.2) is 92.2 Å². The lowest BCUT2D eigenvalue weighted by atomic mass is 10.00. The molecule has 0 aromatic heterocycles. The Labute approximate surface area is 241 Å². The van der Waals surface area contributed by atoms with Gasteiger partial charge in [-0.1, -0.05) is 41.5 Å². The standard InChI is InChI=1S/C24H47N6O10P/c1-11(2)8-15(20(26)32)27-24(36)19(14(7)40-41(37,38)39)30-22(34)17(10-31)29-21(33)16(9-12(3)4)28-23(35)18(25)13(5)6/h11-19,31,37-39H,8-10,25H2,1-7H3,(H5-,26,27,28,29,30,32,33,34,35,36)/p+1/t14-,15+,16+,17+,18+,19+/m1/s1. The predicted octanol–water partition coefficient (Wildman–Crippen LogP) is -2.46. The molecule has 0 radical (unpaired) electrons. The number of nitrogens with one attached hydrogen (secondary N) is 4. The van der Waals surface area contributed by atoms with Crippen LogP contribution < -0.4 is 32.7 Å². The van der Waals surface area contributed by atoms with Gasteiger partial charge in [-0.05, 0) is 37.5 Å². The second-order valence-corrected chi connectivity index (χ2v) is 12.3. The second kappa shape index (κ2) is 17.5. The molecule has 0 aliphatic rings. The van der Waals surface area contributed by atoms with E-state index in [1.165, 1.54) is 0 Å². The van der Waals surface area contributed by atoms with E-state index in [9.17, 15) is 43.8 Å². The van der Waals surface area contributed by atoms with Gasteiger partial charge in [-0.2, -0.15) is 14.7 Å².